The lowest BCUT2D eigenvalue weighted by Gasteiger charge is -1.95. The molecule has 2 rings (SSSR count). The molecule has 0 radical (unpaired) electrons. The minimum atomic E-state index is 0.801. The van der Waals surface area contributed by atoms with E-state index in [1.54, 1.807) is 0 Å². The summed E-state index contributed by atoms with van der Waals surface area (Å²) >= 11 is 0. The van der Waals surface area contributed by atoms with Crippen LogP contribution in [0.3, 0.4) is 0 Å². The lowest BCUT2D eigenvalue weighted by Crippen LogP contribution is -1.90. The Balaban J connectivity index is 2.81. The second-order valence-corrected chi connectivity index (χ2v) is 3.20. The zero-order valence-corrected chi connectivity index (χ0v) is 7.91. The van der Waals surface area contributed by atoms with E-state index in [2.05, 4.69) is 12.0 Å². The van der Waals surface area contributed by atoms with Gasteiger partial charge in [-0.2, -0.15) is 5.10 Å². The van der Waals surface area contributed by atoms with Crippen LogP contribution in [0.2, 0.25) is 0 Å². The van der Waals surface area contributed by atoms with Crippen molar-refractivity contribution in [3.8, 4) is 0 Å². The van der Waals surface area contributed by atoms with Crippen molar-refractivity contribution in [3.05, 3.63) is 23.9 Å². The molecule has 2 N–H and O–H groups in total. The maximum Gasteiger partial charge on any atom is 0.0701 e. The molecule has 13 heavy (non-hydrogen) atoms. The molecule has 0 bridgehead atoms. The van der Waals surface area contributed by atoms with Crippen molar-refractivity contribution in [1.29, 1.82) is 0 Å². The van der Waals surface area contributed by atoms with Gasteiger partial charge in [0.2, 0.25) is 0 Å². The molecule has 0 unspecified atom stereocenters. The van der Waals surface area contributed by atoms with Crippen LogP contribution >= 0.6 is 0 Å². The fourth-order valence-electron chi connectivity index (χ4n) is 1.62. The average molecular weight is 175 g/mol. The monoisotopic (exact) mass is 175 g/mol. The Kier molecular flexibility index (Phi) is 1.72. The number of rotatable bonds is 1. The molecule has 2 aromatic rings. The van der Waals surface area contributed by atoms with E-state index < -0.39 is 0 Å². The van der Waals surface area contributed by atoms with Gasteiger partial charge in [0.25, 0.3) is 0 Å². The fraction of sp³-hybridized carbons (Fsp3) is 0.300. The highest BCUT2D eigenvalue weighted by atomic mass is 15.3. The predicted octanol–water partition coefficient (Wildman–Crippen LogP) is 1.72. The lowest BCUT2D eigenvalue weighted by atomic mass is 10.1. The van der Waals surface area contributed by atoms with E-state index in [9.17, 15) is 0 Å². The zero-order chi connectivity index (χ0) is 9.42. The molecule has 0 aliphatic carbocycles. The van der Waals surface area contributed by atoms with Crippen LogP contribution in [-0.2, 0) is 13.5 Å². The maximum atomic E-state index is 5.72. The summed E-state index contributed by atoms with van der Waals surface area (Å²) in [7, 11) is 1.96. The fourth-order valence-corrected chi connectivity index (χ4v) is 1.62. The number of fused-ring (bicyclic) bond motifs is 1. The van der Waals surface area contributed by atoms with Crippen molar-refractivity contribution >= 4 is 16.6 Å². The number of nitrogen functional groups attached to an aromatic ring is 1. The third-order valence-electron chi connectivity index (χ3n) is 2.29. The van der Waals surface area contributed by atoms with E-state index >= 15 is 0 Å². The Hall–Kier alpha value is -1.51. The summed E-state index contributed by atoms with van der Waals surface area (Å²) in [4.78, 5) is 0. The van der Waals surface area contributed by atoms with Crippen molar-refractivity contribution in [2.45, 2.75) is 13.3 Å². The minimum absolute atomic E-state index is 0.801. The molecular weight excluding hydrogens is 162 g/mol. The normalized spacial score (nSPS) is 10.9. The average Bonchev–Trinajstić information content (AvgIpc) is 2.42. The van der Waals surface area contributed by atoms with Crippen LogP contribution in [0.1, 0.15) is 12.6 Å². The van der Waals surface area contributed by atoms with Crippen molar-refractivity contribution in [2.24, 2.45) is 7.05 Å². The standard InChI is InChI=1S/C10H13N3/c1-3-9-8-6-7(11)4-5-10(8)13(2)12-9/h4-6H,3,11H2,1-2H3. The van der Waals surface area contributed by atoms with Crippen LogP contribution in [0.25, 0.3) is 10.9 Å². The van der Waals surface area contributed by atoms with E-state index in [0.29, 0.717) is 0 Å². The Labute approximate surface area is 77.2 Å². The summed E-state index contributed by atoms with van der Waals surface area (Å²) in [5, 5.41) is 5.58. The number of nitrogens with two attached hydrogens (primary N) is 1. The zero-order valence-electron chi connectivity index (χ0n) is 7.91. The Bertz CT molecular complexity index is 443. The molecule has 1 aromatic heterocycles. The third kappa shape index (κ3) is 1.16. The van der Waals surface area contributed by atoms with E-state index in [1.165, 1.54) is 5.39 Å². The molecular formula is C10H13N3. The molecule has 1 heterocycles. The number of hydrogen-bond donors (Lipinski definition) is 1. The van der Waals surface area contributed by atoms with Crippen LogP contribution in [0.15, 0.2) is 18.2 Å². The first-order valence-corrected chi connectivity index (χ1v) is 4.43. The summed E-state index contributed by atoms with van der Waals surface area (Å²) in [6, 6.07) is 5.90. The molecule has 0 aliphatic rings. The van der Waals surface area contributed by atoms with Gasteiger partial charge in [0.15, 0.2) is 0 Å². The van der Waals surface area contributed by atoms with E-state index in [4.69, 9.17) is 5.73 Å². The van der Waals surface area contributed by atoms with Crippen LogP contribution in [-0.4, -0.2) is 9.78 Å². The number of aromatic nitrogens is 2. The van der Waals surface area contributed by atoms with Crippen molar-refractivity contribution in [3.63, 3.8) is 0 Å². The Morgan fingerprint density at radius 2 is 2.23 bits per heavy atom. The van der Waals surface area contributed by atoms with Gasteiger partial charge in [0.1, 0.15) is 0 Å². The molecule has 3 nitrogen and oxygen atoms in total. The highest BCUT2D eigenvalue weighted by Gasteiger charge is 2.05. The van der Waals surface area contributed by atoms with Crippen LogP contribution in [0.4, 0.5) is 5.69 Å². The first-order valence-electron chi connectivity index (χ1n) is 4.43. The third-order valence-corrected chi connectivity index (χ3v) is 2.29. The quantitative estimate of drug-likeness (QED) is 0.670. The van der Waals surface area contributed by atoms with Crippen molar-refractivity contribution in [2.75, 3.05) is 5.73 Å². The summed E-state index contributed by atoms with van der Waals surface area (Å²) in [6.07, 6.45) is 0.945. The Morgan fingerprint density at radius 3 is 2.92 bits per heavy atom. The van der Waals surface area contributed by atoms with E-state index in [1.807, 2.05) is 29.9 Å². The van der Waals surface area contributed by atoms with Gasteiger partial charge in [-0.1, -0.05) is 6.92 Å². The van der Waals surface area contributed by atoms with Gasteiger partial charge < -0.3 is 5.73 Å². The van der Waals surface area contributed by atoms with Crippen molar-refractivity contribution in [1.82, 2.24) is 9.78 Å². The highest BCUT2D eigenvalue weighted by molar-refractivity contribution is 5.84. The molecule has 3 heteroatoms. The molecule has 0 atom stereocenters. The number of benzene rings is 1. The first kappa shape index (κ1) is 8.10. The van der Waals surface area contributed by atoms with Gasteiger partial charge in [-0.05, 0) is 24.6 Å². The molecule has 1 aromatic carbocycles. The van der Waals surface area contributed by atoms with Gasteiger partial charge in [-0.3, -0.25) is 4.68 Å². The molecule has 0 fully saturated rings. The van der Waals surface area contributed by atoms with Crippen LogP contribution in [0, 0.1) is 0 Å². The van der Waals surface area contributed by atoms with Crippen molar-refractivity contribution < 1.29 is 0 Å². The summed E-state index contributed by atoms with van der Waals surface area (Å²) in [5.74, 6) is 0. The molecule has 0 spiro atoms. The lowest BCUT2D eigenvalue weighted by molar-refractivity contribution is 0.770. The second-order valence-electron chi connectivity index (χ2n) is 3.20. The summed E-state index contributed by atoms with van der Waals surface area (Å²) < 4.78 is 1.90. The number of nitrogens with zero attached hydrogens (tertiary/aromatic N) is 2. The second kappa shape index (κ2) is 2.76. The number of hydrogen-bond acceptors (Lipinski definition) is 2. The molecule has 68 valence electrons. The van der Waals surface area contributed by atoms with E-state index in [-0.39, 0.29) is 0 Å². The van der Waals surface area contributed by atoms with Crippen LogP contribution < -0.4 is 5.73 Å². The molecule has 0 aliphatic heterocycles. The topological polar surface area (TPSA) is 43.8 Å². The van der Waals surface area contributed by atoms with Gasteiger partial charge in [-0.15, -0.1) is 0 Å². The summed E-state index contributed by atoms with van der Waals surface area (Å²) in [6.45, 7) is 2.10. The largest absolute Gasteiger partial charge is 0.399 e. The number of anilines is 1. The van der Waals surface area contributed by atoms with E-state index in [0.717, 1.165) is 23.3 Å². The van der Waals surface area contributed by atoms with Crippen LogP contribution in [0.5, 0.6) is 0 Å². The SMILES string of the molecule is CCc1nn(C)c2ccc(N)cc12. The number of aryl methyl sites for hydroxylation is 2. The molecule has 0 amide bonds. The smallest absolute Gasteiger partial charge is 0.0701 e. The Morgan fingerprint density at radius 1 is 1.46 bits per heavy atom. The minimum Gasteiger partial charge on any atom is -0.399 e. The predicted molar refractivity (Wildman–Crippen MR) is 54.5 cm³/mol. The first-order chi connectivity index (χ1) is 6.22. The summed E-state index contributed by atoms with van der Waals surface area (Å²) in [5.41, 5.74) is 8.78. The van der Waals surface area contributed by atoms with Gasteiger partial charge in [-0.25, -0.2) is 0 Å². The molecule has 0 saturated heterocycles. The van der Waals surface area contributed by atoms with Gasteiger partial charge >= 0.3 is 0 Å². The van der Waals surface area contributed by atoms with Gasteiger partial charge in [0, 0.05) is 18.1 Å². The molecule has 0 saturated carbocycles. The maximum absolute atomic E-state index is 5.72. The van der Waals surface area contributed by atoms with Gasteiger partial charge in [0.05, 0.1) is 11.2 Å². The highest BCUT2D eigenvalue weighted by Crippen LogP contribution is 2.20.